The molecule has 0 aromatic heterocycles. The number of carbonyl (C=O) groups excluding carboxylic acids is 1. The summed E-state index contributed by atoms with van der Waals surface area (Å²) < 4.78 is 0. The van der Waals surface area contributed by atoms with Gasteiger partial charge in [-0.15, -0.1) is 0 Å². The highest BCUT2D eigenvalue weighted by Crippen LogP contribution is 2.53. The second kappa shape index (κ2) is 6.49. The largest absolute Gasteiger partial charge is 0.478 e. The minimum Gasteiger partial charge on any atom is -0.478 e. The highest BCUT2D eigenvalue weighted by molar-refractivity contribution is 6.32. The van der Waals surface area contributed by atoms with E-state index in [1.807, 2.05) is 31.2 Å². The molecule has 0 radical (unpaired) electrons. The zero-order chi connectivity index (χ0) is 21.2. The van der Waals surface area contributed by atoms with Crippen LogP contribution in [0.5, 0.6) is 0 Å². The number of halogens is 2. The number of hydrogen-bond acceptors (Lipinski definition) is 3. The topological polar surface area (TPSA) is 78.4 Å². The van der Waals surface area contributed by atoms with Gasteiger partial charge in [0.2, 0.25) is 0 Å². The average Bonchev–Trinajstić information content (AvgIpc) is 2.93. The predicted octanol–water partition coefficient (Wildman–Crippen LogP) is 5.48. The first-order valence-corrected chi connectivity index (χ1v) is 10.1. The van der Waals surface area contributed by atoms with Crippen molar-refractivity contribution < 1.29 is 14.7 Å². The molecule has 3 aromatic rings. The molecule has 2 aliphatic heterocycles. The number of hydrogen-bond donors (Lipinski definition) is 3. The van der Waals surface area contributed by atoms with Gasteiger partial charge in [0.05, 0.1) is 11.3 Å². The number of benzene rings is 3. The van der Waals surface area contributed by atoms with E-state index >= 15 is 0 Å². The summed E-state index contributed by atoms with van der Waals surface area (Å²) in [5, 5.41) is 17.1. The SMILES string of the molecule is Cc1cc(C(=O)O)c2c(c1)-c1cc(Cl)cc3c1C(Cc1cccc(Cl)c1)(N2)C(=O)N3. The zero-order valence-corrected chi connectivity index (χ0v) is 17.4. The van der Waals surface area contributed by atoms with Crippen LogP contribution in [0, 0.1) is 6.92 Å². The summed E-state index contributed by atoms with van der Waals surface area (Å²) in [5.74, 6) is -1.33. The Kier molecular flexibility index (Phi) is 4.10. The van der Waals surface area contributed by atoms with E-state index < -0.39 is 11.5 Å². The lowest BCUT2D eigenvalue weighted by Crippen LogP contribution is -2.46. The van der Waals surface area contributed by atoms with E-state index in [-0.39, 0.29) is 11.5 Å². The minimum atomic E-state index is -1.17. The quantitative estimate of drug-likeness (QED) is 0.505. The predicted molar refractivity (Wildman–Crippen MR) is 118 cm³/mol. The van der Waals surface area contributed by atoms with Crippen LogP contribution in [-0.2, 0) is 16.8 Å². The third-order valence-electron chi connectivity index (χ3n) is 5.67. The van der Waals surface area contributed by atoms with Gasteiger partial charge in [-0.3, -0.25) is 4.79 Å². The molecule has 0 spiro atoms. The summed E-state index contributed by atoms with van der Waals surface area (Å²) >= 11 is 12.5. The molecule has 3 aromatic carbocycles. The summed E-state index contributed by atoms with van der Waals surface area (Å²) in [6, 6.07) is 14.3. The Morgan fingerprint density at radius 1 is 1.07 bits per heavy atom. The molecule has 7 heteroatoms. The van der Waals surface area contributed by atoms with Crippen LogP contribution < -0.4 is 10.6 Å². The Labute approximate surface area is 182 Å². The number of nitrogens with one attached hydrogen (secondary N) is 2. The van der Waals surface area contributed by atoms with Gasteiger partial charge in [-0.2, -0.15) is 0 Å². The number of rotatable bonds is 3. The molecular weight excluding hydrogens is 423 g/mol. The molecule has 3 N–H and O–H groups in total. The van der Waals surface area contributed by atoms with Crippen LogP contribution in [0.15, 0.2) is 48.5 Å². The van der Waals surface area contributed by atoms with Crippen LogP contribution in [0.3, 0.4) is 0 Å². The number of aryl methyl sites for hydroxylation is 1. The van der Waals surface area contributed by atoms with E-state index in [1.165, 1.54) is 0 Å². The van der Waals surface area contributed by atoms with Crippen molar-refractivity contribution in [3.05, 3.63) is 80.8 Å². The molecule has 1 unspecified atom stereocenters. The second-order valence-corrected chi connectivity index (χ2v) is 8.58. The van der Waals surface area contributed by atoms with Gasteiger partial charge in [-0.25, -0.2) is 4.79 Å². The molecule has 0 saturated carbocycles. The molecule has 2 heterocycles. The van der Waals surface area contributed by atoms with E-state index in [4.69, 9.17) is 23.2 Å². The van der Waals surface area contributed by atoms with Gasteiger partial charge >= 0.3 is 5.97 Å². The van der Waals surface area contributed by atoms with Crippen LogP contribution in [0.2, 0.25) is 10.0 Å². The summed E-state index contributed by atoms with van der Waals surface area (Å²) in [7, 11) is 0. The van der Waals surface area contributed by atoms with Crippen LogP contribution in [0.1, 0.15) is 27.0 Å². The third-order valence-corrected chi connectivity index (χ3v) is 6.12. The van der Waals surface area contributed by atoms with Crippen LogP contribution >= 0.6 is 23.2 Å². The van der Waals surface area contributed by atoms with Crippen LogP contribution in [-0.4, -0.2) is 17.0 Å². The maximum absolute atomic E-state index is 13.3. The van der Waals surface area contributed by atoms with Gasteiger partial charge in [0.25, 0.3) is 5.91 Å². The number of carboxylic acids is 1. The maximum atomic E-state index is 13.3. The van der Waals surface area contributed by atoms with Gasteiger partial charge in [0.1, 0.15) is 5.54 Å². The molecule has 1 atom stereocenters. The number of amides is 1. The van der Waals surface area contributed by atoms with Crippen molar-refractivity contribution in [3.63, 3.8) is 0 Å². The van der Waals surface area contributed by atoms with Gasteiger partial charge < -0.3 is 15.7 Å². The van der Waals surface area contributed by atoms with Crippen LogP contribution in [0.4, 0.5) is 11.4 Å². The Hall–Kier alpha value is -3.02. The fourth-order valence-electron chi connectivity index (χ4n) is 4.52. The number of anilines is 2. The molecule has 0 bridgehead atoms. The lowest BCUT2D eigenvalue weighted by atomic mass is 9.76. The third kappa shape index (κ3) is 2.70. The fraction of sp³-hybridized carbons (Fsp3) is 0.130. The van der Waals surface area contributed by atoms with Crippen molar-refractivity contribution in [2.45, 2.75) is 18.9 Å². The number of aromatic carboxylic acids is 1. The van der Waals surface area contributed by atoms with E-state index in [0.717, 1.165) is 22.3 Å². The van der Waals surface area contributed by atoms with Crippen molar-refractivity contribution in [1.82, 2.24) is 0 Å². The molecular formula is C23H16Cl2N2O3. The maximum Gasteiger partial charge on any atom is 0.337 e. The Bertz CT molecular complexity index is 1270. The molecule has 30 heavy (non-hydrogen) atoms. The Balaban J connectivity index is 1.82. The van der Waals surface area contributed by atoms with Gasteiger partial charge in [-0.1, -0.05) is 35.3 Å². The lowest BCUT2D eigenvalue weighted by Gasteiger charge is -2.37. The van der Waals surface area contributed by atoms with E-state index in [1.54, 1.807) is 24.3 Å². The highest BCUT2D eigenvalue weighted by Gasteiger charge is 2.52. The lowest BCUT2D eigenvalue weighted by molar-refractivity contribution is -0.119. The van der Waals surface area contributed by atoms with E-state index in [0.29, 0.717) is 33.4 Å². The molecule has 5 rings (SSSR count). The number of carbonyl (C=O) groups is 2. The smallest absolute Gasteiger partial charge is 0.337 e. The average molecular weight is 439 g/mol. The molecule has 1 amide bonds. The monoisotopic (exact) mass is 438 g/mol. The summed E-state index contributed by atoms with van der Waals surface area (Å²) in [5.41, 5.74) is 3.87. The van der Waals surface area contributed by atoms with Crippen molar-refractivity contribution in [3.8, 4) is 11.1 Å². The van der Waals surface area contributed by atoms with E-state index in [2.05, 4.69) is 10.6 Å². The normalized spacial score (nSPS) is 18.3. The van der Waals surface area contributed by atoms with Crippen molar-refractivity contribution in [2.75, 3.05) is 10.6 Å². The van der Waals surface area contributed by atoms with Gasteiger partial charge in [0.15, 0.2) is 0 Å². The first-order valence-electron chi connectivity index (χ1n) is 9.35. The Morgan fingerprint density at radius 2 is 1.87 bits per heavy atom. The highest BCUT2D eigenvalue weighted by atomic mass is 35.5. The van der Waals surface area contributed by atoms with Crippen molar-refractivity contribution >= 4 is 46.5 Å². The first kappa shape index (κ1) is 19.0. The summed E-state index contributed by atoms with van der Waals surface area (Å²) in [4.78, 5) is 25.3. The molecule has 0 aliphatic carbocycles. The summed E-state index contributed by atoms with van der Waals surface area (Å²) in [6.07, 6.45) is 0.299. The van der Waals surface area contributed by atoms with Gasteiger partial charge in [-0.05, 0) is 60.0 Å². The molecule has 150 valence electrons. The molecule has 5 nitrogen and oxygen atoms in total. The second-order valence-electron chi connectivity index (χ2n) is 7.71. The molecule has 2 aliphatic rings. The Morgan fingerprint density at radius 3 is 2.60 bits per heavy atom. The first-order chi connectivity index (χ1) is 14.3. The summed E-state index contributed by atoms with van der Waals surface area (Å²) in [6.45, 7) is 1.84. The molecule has 0 fully saturated rings. The fourth-order valence-corrected chi connectivity index (χ4v) is 4.95. The van der Waals surface area contributed by atoms with Crippen molar-refractivity contribution in [2.24, 2.45) is 0 Å². The standard InChI is InChI=1S/C23H16Cl2N2O3/c1-11-5-16-15-8-14(25)9-18-19(15)23(22(30)26-18,10-12-3-2-4-13(24)7-12)27-20(16)17(6-11)21(28)29/h2-9,27H,10H2,1H3,(H,26,30)(H,28,29). The van der Waals surface area contributed by atoms with Crippen molar-refractivity contribution in [1.29, 1.82) is 0 Å². The molecule has 0 saturated heterocycles. The number of fused-ring (bicyclic) bond motifs is 2. The zero-order valence-electron chi connectivity index (χ0n) is 15.8. The minimum absolute atomic E-state index is 0.113. The number of carboxylic acid groups (broad SMARTS) is 1. The van der Waals surface area contributed by atoms with Crippen LogP contribution in [0.25, 0.3) is 11.1 Å². The van der Waals surface area contributed by atoms with Gasteiger partial charge in [0, 0.05) is 33.3 Å². The van der Waals surface area contributed by atoms with E-state index in [9.17, 15) is 14.7 Å².